The molecule has 1 amide bonds. The van der Waals surface area contributed by atoms with E-state index in [0.717, 1.165) is 27.5 Å². The van der Waals surface area contributed by atoms with E-state index < -0.39 is 0 Å². The maximum atomic E-state index is 12.5. The third-order valence-electron chi connectivity index (χ3n) is 4.29. The highest BCUT2D eigenvalue weighted by Crippen LogP contribution is 2.48. The van der Waals surface area contributed by atoms with Crippen LogP contribution in [0.25, 0.3) is 10.9 Å². The van der Waals surface area contributed by atoms with Crippen LogP contribution in [-0.2, 0) is 4.79 Å². The molecule has 23 heavy (non-hydrogen) atoms. The zero-order chi connectivity index (χ0) is 15.8. The molecule has 0 saturated heterocycles. The smallest absolute Gasteiger partial charge is 0.228 e. The standard InChI is InChI=1S/C19H15BrN2O/c20-14-7-1-5-13(10-14)15-11-16(15)19(23)22-17-8-2-4-12-6-3-9-21-18(12)17/h1-10,15-16H,11H2,(H,22,23)/t15-,16-/m1/s1. The van der Waals surface area contributed by atoms with Gasteiger partial charge in [0.1, 0.15) is 0 Å². The number of carbonyl (C=O) groups excluding carboxylic acids is 1. The van der Waals surface area contributed by atoms with Crippen molar-refractivity contribution in [3.05, 3.63) is 70.8 Å². The predicted octanol–water partition coefficient (Wildman–Crippen LogP) is 4.74. The molecule has 0 bridgehead atoms. The van der Waals surface area contributed by atoms with E-state index in [1.165, 1.54) is 5.56 Å². The molecule has 2 aromatic carbocycles. The quantitative estimate of drug-likeness (QED) is 0.727. The molecule has 0 spiro atoms. The van der Waals surface area contributed by atoms with Gasteiger partial charge in [0.05, 0.1) is 11.2 Å². The minimum atomic E-state index is 0.0447. The number of nitrogens with zero attached hydrogens (tertiary/aromatic N) is 1. The number of hydrogen-bond acceptors (Lipinski definition) is 2. The second-order valence-electron chi connectivity index (χ2n) is 5.87. The lowest BCUT2D eigenvalue weighted by atomic mass is 10.1. The van der Waals surface area contributed by atoms with Crippen molar-refractivity contribution in [1.29, 1.82) is 0 Å². The van der Waals surface area contributed by atoms with Crippen molar-refractivity contribution in [3.8, 4) is 0 Å². The second-order valence-corrected chi connectivity index (χ2v) is 6.79. The molecule has 4 heteroatoms. The number of amides is 1. The van der Waals surface area contributed by atoms with Crippen molar-refractivity contribution in [2.45, 2.75) is 12.3 Å². The first kappa shape index (κ1) is 14.4. The summed E-state index contributed by atoms with van der Waals surface area (Å²) in [5.41, 5.74) is 2.84. The fraction of sp³-hybridized carbons (Fsp3) is 0.158. The number of pyridine rings is 1. The fourth-order valence-electron chi connectivity index (χ4n) is 3.02. The largest absolute Gasteiger partial charge is 0.324 e. The highest BCUT2D eigenvalue weighted by atomic mass is 79.9. The Balaban J connectivity index is 1.53. The Bertz CT molecular complexity index is 888. The van der Waals surface area contributed by atoms with E-state index in [-0.39, 0.29) is 11.8 Å². The first-order valence-electron chi connectivity index (χ1n) is 7.62. The molecule has 1 aliphatic rings. The Labute approximate surface area is 142 Å². The third kappa shape index (κ3) is 2.86. The number of benzene rings is 2. The molecular formula is C19H15BrN2O. The summed E-state index contributed by atoms with van der Waals surface area (Å²) >= 11 is 3.49. The number of anilines is 1. The van der Waals surface area contributed by atoms with Crippen LogP contribution in [0.1, 0.15) is 17.9 Å². The summed E-state index contributed by atoms with van der Waals surface area (Å²) in [5, 5.41) is 4.08. The van der Waals surface area contributed by atoms with Crippen molar-refractivity contribution >= 4 is 38.4 Å². The Morgan fingerprint density at radius 2 is 1.96 bits per heavy atom. The van der Waals surface area contributed by atoms with Crippen LogP contribution >= 0.6 is 15.9 Å². The molecule has 1 aliphatic carbocycles. The first-order valence-corrected chi connectivity index (χ1v) is 8.42. The van der Waals surface area contributed by atoms with Crippen LogP contribution in [0, 0.1) is 5.92 Å². The van der Waals surface area contributed by atoms with Gasteiger partial charge in [0.2, 0.25) is 5.91 Å². The van der Waals surface area contributed by atoms with Crippen LogP contribution in [-0.4, -0.2) is 10.9 Å². The number of nitrogens with one attached hydrogen (secondary N) is 1. The molecular weight excluding hydrogens is 352 g/mol. The number of fused-ring (bicyclic) bond motifs is 1. The normalized spacial score (nSPS) is 19.5. The highest BCUT2D eigenvalue weighted by molar-refractivity contribution is 9.10. The summed E-state index contributed by atoms with van der Waals surface area (Å²) in [4.78, 5) is 16.9. The van der Waals surface area contributed by atoms with E-state index in [1.54, 1.807) is 6.20 Å². The summed E-state index contributed by atoms with van der Waals surface area (Å²) in [6.07, 6.45) is 2.65. The molecule has 3 aromatic rings. The van der Waals surface area contributed by atoms with Crippen LogP contribution in [0.5, 0.6) is 0 Å². The summed E-state index contributed by atoms with van der Waals surface area (Å²) < 4.78 is 1.05. The molecule has 114 valence electrons. The lowest BCUT2D eigenvalue weighted by Gasteiger charge is -2.08. The minimum absolute atomic E-state index is 0.0447. The third-order valence-corrected chi connectivity index (χ3v) is 4.79. The van der Waals surface area contributed by atoms with Crippen LogP contribution in [0.4, 0.5) is 5.69 Å². The zero-order valence-corrected chi connectivity index (χ0v) is 14.0. The number of para-hydroxylation sites is 1. The molecule has 1 heterocycles. The van der Waals surface area contributed by atoms with Crippen LogP contribution < -0.4 is 5.32 Å². The van der Waals surface area contributed by atoms with Gasteiger partial charge in [-0.1, -0.05) is 46.3 Å². The molecule has 1 saturated carbocycles. The number of rotatable bonds is 3. The molecule has 4 rings (SSSR count). The lowest BCUT2D eigenvalue weighted by Crippen LogP contribution is -2.15. The van der Waals surface area contributed by atoms with E-state index in [1.807, 2.05) is 42.5 Å². The van der Waals surface area contributed by atoms with Gasteiger partial charge in [-0.15, -0.1) is 0 Å². The SMILES string of the molecule is O=C(Nc1cccc2cccnc12)[C@@H]1C[C@@H]1c1cccc(Br)c1. The first-order chi connectivity index (χ1) is 11.2. The number of carbonyl (C=O) groups is 1. The summed E-state index contributed by atoms with van der Waals surface area (Å²) in [6.45, 7) is 0. The molecule has 1 fully saturated rings. The van der Waals surface area contributed by atoms with Gasteiger partial charge in [-0.3, -0.25) is 9.78 Å². The predicted molar refractivity (Wildman–Crippen MR) is 95.4 cm³/mol. The molecule has 0 aliphatic heterocycles. The van der Waals surface area contributed by atoms with Crippen LogP contribution in [0.2, 0.25) is 0 Å². The van der Waals surface area contributed by atoms with Gasteiger partial charge in [0.15, 0.2) is 0 Å². The van der Waals surface area contributed by atoms with E-state index in [2.05, 4.69) is 38.4 Å². The Morgan fingerprint density at radius 1 is 1.13 bits per heavy atom. The van der Waals surface area contributed by atoms with Gasteiger partial charge in [-0.2, -0.15) is 0 Å². The zero-order valence-electron chi connectivity index (χ0n) is 12.4. The topological polar surface area (TPSA) is 42.0 Å². The molecule has 3 nitrogen and oxygen atoms in total. The minimum Gasteiger partial charge on any atom is -0.324 e. The van der Waals surface area contributed by atoms with Gasteiger partial charge >= 0.3 is 0 Å². The van der Waals surface area contributed by atoms with Crippen molar-refractivity contribution in [2.75, 3.05) is 5.32 Å². The molecule has 2 atom stereocenters. The number of hydrogen-bond donors (Lipinski definition) is 1. The van der Waals surface area contributed by atoms with Gasteiger partial charge in [-0.05, 0) is 42.2 Å². The van der Waals surface area contributed by atoms with Gasteiger partial charge in [0, 0.05) is 22.0 Å². The number of halogens is 1. The van der Waals surface area contributed by atoms with Gasteiger partial charge < -0.3 is 5.32 Å². The lowest BCUT2D eigenvalue weighted by molar-refractivity contribution is -0.117. The molecule has 1 aromatic heterocycles. The average molecular weight is 367 g/mol. The van der Waals surface area contributed by atoms with Gasteiger partial charge in [-0.25, -0.2) is 0 Å². The van der Waals surface area contributed by atoms with Crippen molar-refractivity contribution in [2.24, 2.45) is 5.92 Å². The molecule has 0 unspecified atom stereocenters. The molecule has 0 radical (unpaired) electrons. The summed E-state index contributed by atoms with van der Waals surface area (Å²) in [7, 11) is 0. The number of aromatic nitrogens is 1. The Kier molecular flexibility index (Phi) is 3.62. The average Bonchev–Trinajstić information content (AvgIpc) is 3.36. The highest BCUT2D eigenvalue weighted by Gasteiger charge is 2.44. The van der Waals surface area contributed by atoms with Crippen LogP contribution in [0.3, 0.4) is 0 Å². The van der Waals surface area contributed by atoms with Crippen molar-refractivity contribution < 1.29 is 4.79 Å². The van der Waals surface area contributed by atoms with Crippen molar-refractivity contribution in [1.82, 2.24) is 4.98 Å². The second kappa shape index (κ2) is 5.78. The Hall–Kier alpha value is -2.20. The summed E-state index contributed by atoms with van der Waals surface area (Å²) in [5.74, 6) is 0.437. The fourth-order valence-corrected chi connectivity index (χ4v) is 3.44. The van der Waals surface area contributed by atoms with E-state index in [9.17, 15) is 4.79 Å². The van der Waals surface area contributed by atoms with Gasteiger partial charge in [0.25, 0.3) is 0 Å². The monoisotopic (exact) mass is 366 g/mol. The van der Waals surface area contributed by atoms with E-state index >= 15 is 0 Å². The Morgan fingerprint density at radius 3 is 2.83 bits per heavy atom. The van der Waals surface area contributed by atoms with Crippen molar-refractivity contribution in [3.63, 3.8) is 0 Å². The maximum Gasteiger partial charge on any atom is 0.228 e. The van der Waals surface area contributed by atoms with E-state index in [4.69, 9.17) is 0 Å². The summed E-state index contributed by atoms with van der Waals surface area (Å²) in [6, 6.07) is 17.9. The van der Waals surface area contributed by atoms with Crippen LogP contribution in [0.15, 0.2) is 65.3 Å². The maximum absolute atomic E-state index is 12.5. The molecule has 1 N–H and O–H groups in total. The van der Waals surface area contributed by atoms with E-state index in [0.29, 0.717) is 5.92 Å².